The van der Waals surface area contributed by atoms with Crippen LogP contribution in [0.2, 0.25) is 0 Å². The molecule has 0 saturated carbocycles. The largest absolute Gasteiger partial charge is 0.322 e. The molecule has 0 bridgehead atoms. The Morgan fingerprint density at radius 1 is 1.00 bits per heavy atom. The van der Waals surface area contributed by atoms with Crippen molar-refractivity contribution in [3.63, 3.8) is 0 Å². The van der Waals surface area contributed by atoms with Gasteiger partial charge in [0.25, 0.3) is 0 Å². The molecule has 0 aliphatic rings. The number of Topliss-reactive ketones (excluding diaryl/α,β-unsaturated/α-hetero) is 1. The smallest absolute Gasteiger partial charge is 0.248 e. The third kappa shape index (κ3) is 5.27. The Hall–Kier alpha value is -0.970. The van der Waals surface area contributed by atoms with Crippen LogP contribution in [0.25, 0.3) is 0 Å². The summed E-state index contributed by atoms with van der Waals surface area (Å²) in [6.45, 7) is 4.70. The van der Waals surface area contributed by atoms with Crippen LogP contribution in [0.5, 0.6) is 0 Å². The number of carbonyl (C=O) groups excluding carboxylic acids is 1. The molecule has 0 amide bonds. The summed E-state index contributed by atoms with van der Waals surface area (Å²) in [6, 6.07) is 18.9. The first kappa shape index (κ1) is 19.4. The first-order valence-corrected chi connectivity index (χ1v) is 11.9. The van der Waals surface area contributed by atoms with Crippen LogP contribution in [-0.4, -0.2) is 19.0 Å². The van der Waals surface area contributed by atoms with Crippen molar-refractivity contribution in [3.8, 4) is 0 Å². The predicted molar refractivity (Wildman–Crippen MR) is 105 cm³/mol. The van der Waals surface area contributed by atoms with Gasteiger partial charge in [-0.25, -0.2) is 0 Å². The summed E-state index contributed by atoms with van der Waals surface area (Å²) in [7, 11) is 0. The summed E-state index contributed by atoms with van der Waals surface area (Å²) in [5.41, 5.74) is -1.02. The topological polar surface area (TPSA) is 35.5 Å². The van der Waals surface area contributed by atoms with Gasteiger partial charge in [-0.15, -0.1) is 0 Å². The second-order valence-corrected chi connectivity index (χ2v) is 11.2. The molecule has 24 heavy (non-hydrogen) atoms. The lowest BCUT2D eigenvalue weighted by Gasteiger charge is -2.25. The van der Waals surface area contributed by atoms with E-state index in [9.17, 15) is 4.79 Å². The van der Waals surface area contributed by atoms with Crippen molar-refractivity contribution in [2.45, 2.75) is 19.1 Å². The Balaban J connectivity index is 2.37. The lowest BCUT2D eigenvalue weighted by molar-refractivity contribution is 0.0989. The van der Waals surface area contributed by atoms with Gasteiger partial charge in [-0.2, -0.15) is 0 Å². The zero-order valence-electron chi connectivity index (χ0n) is 13.8. The fraction of sp³-hybridized carbons (Fsp3) is 0.278. The summed E-state index contributed by atoms with van der Waals surface area (Å²) < 4.78 is 11.4. The molecule has 0 spiro atoms. The molecule has 1 atom stereocenters. The molecule has 128 valence electrons. The Morgan fingerprint density at radius 3 is 2.00 bits per heavy atom. The Bertz CT molecular complexity index is 682. The predicted octanol–water partition coefficient (Wildman–Crippen LogP) is 5.64. The molecule has 0 heterocycles. The van der Waals surface area contributed by atoms with Crippen molar-refractivity contribution in [1.82, 2.24) is 0 Å². The van der Waals surface area contributed by atoms with Gasteiger partial charge in [-0.05, 0) is 31.2 Å². The van der Waals surface area contributed by atoms with E-state index >= 15 is 0 Å². The molecule has 0 aromatic heterocycles. The first-order valence-electron chi connectivity index (χ1n) is 7.81. The lowest BCUT2D eigenvalue weighted by atomic mass is 10.0. The Kier molecular flexibility index (Phi) is 7.66. The van der Waals surface area contributed by atoms with Crippen LogP contribution in [0.15, 0.2) is 60.7 Å². The number of ketones is 1. The zero-order chi connectivity index (χ0) is 17.4. The highest BCUT2D eigenvalue weighted by Crippen LogP contribution is 2.66. The van der Waals surface area contributed by atoms with E-state index < -0.39 is 10.9 Å². The van der Waals surface area contributed by atoms with Crippen LogP contribution in [0.3, 0.4) is 0 Å². The summed E-state index contributed by atoms with van der Waals surface area (Å²) in [5, 5.41) is -0.447. The minimum absolute atomic E-state index is 0.0143. The maximum atomic E-state index is 13.1. The molecule has 0 N–H and O–H groups in total. The van der Waals surface area contributed by atoms with E-state index in [0.29, 0.717) is 18.8 Å². The van der Waals surface area contributed by atoms with Gasteiger partial charge in [-0.1, -0.05) is 72.0 Å². The molecule has 2 aromatic carbocycles. The van der Waals surface area contributed by atoms with Gasteiger partial charge in [0.15, 0.2) is 5.78 Å². The first-order chi connectivity index (χ1) is 11.6. The highest BCUT2D eigenvalue weighted by atomic mass is 32.9. The monoisotopic (exact) mass is 380 g/mol. The molecule has 2 rings (SSSR count). The van der Waals surface area contributed by atoms with E-state index in [4.69, 9.17) is 20.9 Å². The zero-order valence-corrected chi connectivity index (χ0v) is 16.3. The van der Waals surface area contributed by atoms with E-state index in [1.54, 1.807) is 0 Å². The van der Waals surface area contributed by atoms with Crippen molar-refractivity contribution < 1.29 is 13.8 Å². The lowest BCUT2D eigenvalue weighted by Crippen LogP contribution is -2.10. The molecule has 0 aliphatic heterocycles. The molecule has 0 fully saturated rings. The molecule has 3 nitrogen and oxygen atoms in total. The molecular formula is C18H21O3PS2. The minimum Gasteiger partial charge on any atom is -0.322 e. The van der Waals surface area contributed by atoms with Crippen LogP contribution in [-0.2, 0) is 20.9 Å². The van der Waals surface area contributed by atoms with Crippen molar-refractivity contribution in [2.75, 3.05) is 13.2 Å². The normalized spacial score (nSPS) is 12.8. The second kappa shape index (κ2) is 9.50. The molecular weight excluding hydrogens is 359 g/mol. The number of rotatable bonds is 9. The highest BCUT2D eigenvalue weighted by molar-refractivity contribution is 8.68. The van der Waals surface area contributed by atoms with Gasteiger partial charge in [0.2, 0.25) is 5.69 Å². The van der Waals surface area contributed by atoms with E-state index in [-0.39, 0.29) is 5.78 Å². The molecule has 0 radical (unpaired) electrons. The summed E-state index contributed by atoms with van der Waals surface area (Å²) in [5.74, 6) is 0.0143. The quantitative estimate of drug-likeness (QED) is 0.415. The van der Waals surface area contributed by atoms with E-state index in [1.807, 2.05) is 74.5 Å². The van der Waals surface area contributed by atoms with E-state index in [2.05, 4.69) is 0 Å². The average molecular weight is 380 g/mol. The van der Waals surface area contributed by atoms with Crippen molar-refractivity contribution >= 4 is 34.7 Å². The molecule has 0 aliphatic carbocycles. The van der Waals surface area contributed by atoms with Gasteiger partial charge in [0.1, 0.15) is 5.25 Å². The summed E-state index contributed by atoms with van der Waals surface area (Å²) in [6.07, 6.45) is 0. The van der Waals surface area contributed by atoms with E-state index in [1.165, 1.54) is 11.4 Å². The van der Waals surface area contributed by atoms with Crippen molar-refractivity contribution in [1.29, 1.82) is 0 Å². The standard InChI is InChI=1S/C18H21O3PS2/c1-3-20-22(23,21-4-2)24-18(16-13-9-6-10-14-16)17(19)15-11-7-5-8-12-15/h5-14,18H,3-4H2,1-2H3. The highest BCUT2D eigenvalue weighted by Gasteiger charge is 2.31. The Labute approximate surface area is 152 Å². The van der Waals surface area contributed by atoms with Crippen molar-refractivity contribution in [2.24, 2.45) is 0 Å². The SMILES string of the molecule is CCOP(=S)(OCC)SC(C(=O)c1ccccc1)c1ccccc1. The van der Waals surface area contributed by atoms with Gasteiger partial charge in [0.05, 0.1) is 13.2 Å². The number of hydrogen-bond acceptors (Lipinski definition) is 5. The number of benzene rings is 2. The van der Waals surface area contributed by atoms with Crippen molar-refractivity contribution in [3.05, 3.63) is 71.8 Å². The van der Waals surface area contributed by atoms with Gasteiger partial charge in [-0.3, -0.25) is 4.79 Å². The maximum absolute atomic E-state index is 13.1. The number of hydrogen-bond donors (Lipinski definition) is 0. The van der Waals surface area contributed by atoms with Gasteiger partial charge < -0.3 is 9.05 Å². The summed E-state index contributed by atoms with van der Waals surface area (Å²) in [4.78, 5) is 13.1. The van der Waals surface area contributed by atoms with Crippen LogP contribution in [0.4, 0.5) is 0 Å². The second-order valence-electron chi connectivity index (χ2n) is 4.91. The molecule has 0 saturated heterocycles. The van der Waals surface area contributed by atoms with Crippen LogP contribution < -0.4 is 0 Å². The fourth-order valence-corrected chi connectivity index (χ4v) is 7.61. The van der Waals surface area contributed by atoms with Crippen LogP contribution in [0.1, 0.15) is 35.0 Å². The summed E-state index contributed by atoms with van der Waals surface area (Å²) >= 11 is 6.95. The number of carbonyl (C=O) groups is 1. The third-order valence-electron chi connectivity index (χ3n) is 3.21. The molecule has 6 heteroatoms. The maximum Gasteiger partial charge on any atom is 0.248 e. The van der Waals surface area contributed by atoms with E-state index in [0.717, 1.165) is 5.56 Å². The molecule has 1 unspecified atom stereocenters. The van der Waals surface area contributed by atoms with Gasteiger partial charge >= 0.3 is 0 Å². The van der Waals surface area contributed by atoms with Crippen LogP contribution >= 0.6 is 17.1 Å². The Morgan fingerprint density at radius 2 is 1.50 bits per heavy atom. The van der Waals surface area contributed by atoms with Crippen LogP contribution in [0, 0.1) is 0 Å². The average Bonchev–Trinajstić information content (AvgIpc) is 2.61. The minimum atomic E-state index is -2.59. The third-order valence-corrected chi connectivity index (χ3v) is 8.76. The van der Waals surface area contributed by atoms with Gasteiger partial charge in [0, 0.05) is 5.56 Å². The fourth-order valence-electron chi connectivity index (χ4n) is 2.19. The molecule has 2 aromatic rings.